The molecule has 2 atom stereocenters. The third-order valence-corrected chi connectivity index (χ3v) is 6.31. The monoisotopic (exact) mass is 443 g/mol. The van der Waals surface area contributed by atoms with Gasteiger partial charge in [0.15, 0.2) is 0 Å². The van der Waals surface area contributed by atoms with Gasteiger partial charge in [-0.25, -0.2) is 0 Å². The number of carbonyl (C=O) groups excluding carboxylic acids is 1. The van der Waals surface area contributed by atoms with Gasteiger partial charge in [0.2, 0.25) is 0 Å². The van der Waals surface area contributed by atoms with Gasteiger partial charge in [0.1, 0.15) is 6.23 Å². The fourth-order valence-electron chi connectivity index (χ4n) is 4.66. The molecule has 2 unspecified atom stereocenters. The average Bonchev–Trinajstić information content (AvgIpc) is 3.58. The van der Waals surface area contributed by atoms with Crippen LogP contribution in [0.25, 0.3) is 22.0 Å². The van der Waals surface area contributed by atoms with Crippen molar-refractivity contribution < 1.29 is 9.90 Å². The molecule has 4 aromatic rings. The molecule has 1 aliphatic heterocycles. The molecule has 0 bridgehead atoms. The van der Waals surface area contributed by atoms with Crippen LogP contribution in [-0.4, -0.2) is 43.7 Å². The van der Waals surface area contributed by atoms with Gasteiger partial charge in [-0.05, 0) is 67.5 Å². The van der Waals surface area contributed by atoms with E-state index >= 15 is 0 Å². The van der Waals surface area contributed by atoms with Crippen molar-refractivity contribution in [2.45, 2.75) is 45.0 Å². The van der Waals surface area contributed by atoms with E-state index in [4.69, 9.17) is 0 Å². The molecule has 0 aliphatic carbocycles. The summed E-state index contributed by atoms with van der Waals surface area (Å²) in [4.78, 5) is 18.7. The molecule has 2 aromatic carbocycles. The van der Waals surface area contributed by atoms with E-state index in [1.165, 1.54) is 0 Å². The van der Waals surface area contributed by atoms with Gasteiger partial charge in [-0.3, -0.25) is 15.2 Å². The van der Waals surface area contributed by atoms with E-state index in [0.717, 1.165) is 52.7 Å². The smallest absolute Gasteiger partial charge is 0.254 e. The molecule has 1 aliphatic rings. The number of carbonyl (C=O) groups is 1. The van der Waals surface area contributed by atoms with Gasteiger partial charge < -0.3 is 15.0 Å². The van der Waals surface area contributed by atoms with Gasteiger partial charge in [-0.1, -0.05) is 24.3 Å². The number of H-pyrrole nitrogens is 2. The van der Waals surface area contributed by atoms with Crippen LogP contribution in [0.4, 0.5) is 0 Å². The maximum atomic E-state index is 13.3. The Morgan fingerprint density at radius 3 is 2.70 bits per heavy atom. The van der Waals surface area contributed by atoms with Gasteiger partial charge in [-0.2, -0.15) is 5.10 Å². The Hall–Kier alpha value is -3.42. The third kappa shape index (κ3) is 4.29. The minimum atomic E-state index is -0.740. The molecule has 0 spiro atoms. The van der Waals surface area contributed by atoms with E-state index in [2.05, 4.69) is 38.7 Å². The minimum absolute atomic E-state index is 0.0425. The standard InChI is InChI=1S/C26H29N5O2/c1-16(2)29-25(32)23-12-19-9-10-20(13-22(19)30-23)24-4-3-11-31(24)26(33)18-7-5-17(6-8-18)21-14-27-28-15-21/h5-10,12-16,24-25,29-30,32H,3-4,11H2,1-2H3,(H,27,28). The normalized spacial score (nSPS) is 17.2. The number of aromatic amines is 2. The number of hydrogen-bond donors (Lipinski definition) is 4. The van der Waals surface area contributed by atoms with Crippen LogP contribution in [0.15, 0.2) is 60.9 Å². The van der Waals surface area contributed by atoms with Crippen molar-refractivity contribution >= 4 is 16.8 Å². The predicted octanol–water partition coefficient (Wildman–Crippen LogP) is 4.52. The van der Waals surface area contributed by atoms with Crippen LogP contribution in [0.1, 0.15) is 60.6 Å². The number of fused-ring (bicyclic) bond motifs is 1. The highest BCUT2D eigenvalue weighted by molar-refractivity contribution is 5.95. The van der Waals surface area contributed by atoms with E-state index in [1.54, 1.807) is 6.20 Å². The molecule has 7 heteroatoms. The molecule has 4 N–H and O–H groups in total. The third-order valence-electron chi connectivity index (χ3n) is 6.31. The zero-order valence-corrected chi connectivity index (χ0v) is 18.9. The SMILES string of the molecule is CC(C)NC(O)c1cc2ccc(C3CCCN3C(=O)c3ccc(-c4cn[nH]c4)cc3)cc2[nH]1. The Kier molecular flexibility index (Phi) is 5.74. The van der Waals surface area contributed by atoms with E-state index in [-0.39, 0.29) is 18.0 Å². The van der Waals surface area contributed by atoms with Crippen molar-refractivity contribution in [1.82, 2.24) is 25.4 Å². The first-order valence-corrected chi connectivity index (χ1v) is 11.5. The first kappa shape index (κ1) is 21.4. The number of benzene rings is 2. The Balaban J connectivity index is 1.37. The fraction of sp³-hybridized carbons (Fsp3) is 0.308. The second kappa shape index (κ2) is 8.84. The topological polar surface area (TPSA) is 97.0 Å². The van der Waals surface area contributed by atoms with Crippen LogP contribution in [0.5, 0.6) is 0 Å². The molecular formula is C26H29N5O2. The average molecular weight is 444 g/mol. The molecule has 1 fully saturated rings. The summed E-state index contributed by atoms with van der Waals surface area (Å²) in [5, 5.41) is 21.4. The first-order chi connectivity index (χ1) is 16.0. The molecule has 33 heavy (non-hydrogen) atoms. The van der Waals surface area contributed by atoms with E-state index in [0.29, 0.717) is 5.56 Å². The molecule has 5 rings (SSSR count). The Bertz CT molecular complexity index is 1240. The summed E-state index contributed by atoms with van der Waals surface area (Å²) in [5.41, 5.74) is 5.55. The van der Waals surface area contributed by atoms with Crippen LogP contribution >= 0.6 is 0 Å². The summed E-state index contributed by atoms with van der Waals surface area (Å²) < 4.78 is 0. The van der Waals surface area contributed by atoms with Crippen LogP contribution in [0, 0.1) is 0 Å². The highest BCUT2D eigenvalue weighted by Gasteiger charge is 2.31. The Morgan fingerprint density at radius 2 is 1.97 bits per heavy atom. The van der Waals surface area contributed by atoms with Gasteiger partial charge in [0.05, 0.1) is 17.9 Å². The zero-order chi connectivity index (χ0) is 22.9. The molecule has 170 valence electrons. The Morgan fingerprint density at radius 1 is 1.15 bits per heavy atom. The van der Waals surface area contributed by atoms with Crippen LogP contribution in [0.3, 0.4) is 0 Å². The van der Waals surface area contributed by atoms with Crippen LogP contribution < -0.4 is 5.32 Å². The summed E-state index contributed by atoms with van der Waals surface area (Å²) >= 11 is 0. The summed E-state index contributed by atoms with van der Waals surface area (Å²) in [6.07, 6.45) is 4.79. The predicted molar refractivity (Wildman–Crippen MR) is 129 cm³/mol. The molecule has 3 heterocycles. The second-order valence-corrected chi connectivity index (χ2v) is 9.02. The molecular weight excluding hydrogens is 414 g/mol. The number of rotatable bonds is 6. The van der Waals surface area contributed by atoms with E-state index in [1.807, 2.05) is 55.3 Å². The summed E-state index contributed by atoms with van der Waals surface area (Å²) in [6, 6.07) is 16.2. The lowest BCUT2D eigenvalue weighted by molar-refractivity contribution is 0.0735. The van der Waals surface area contributed by atoms with Gasteiger partial charge in [0.25, 0.3) is 5.91 Å². The van der Waals surface area contributed by atoms with Crippen molar-refractivity contribution in [3.8, 4) is 11.1 Å². The number of amides is 1. The van der Waals surface area contributed by atoms with Gasteiger partial charge in [-0.15, -0.1) is 0 Å². The van der Waals surface area contributed by atoms with Gasteiger partial charge >= 0.3 is 0 Å². The molecule has 0 radical (unpaired) electrons. The number of aliphatic hydroxyl groups is 1. The number of nitrogens with one attached hydrogen (secondary N) is 3. The quantitative estimate of drug-likeness (QED) is 0.329. The molecule has 0 saturated carbocycles. The molecule has 2 aromatic heterocycles. The Labute approximate surface area is 192 Å². The van der Waals surface area contributed by atoms with Crippen LogP contribution in [0.2, 0.25) is 0 Å². The first-order valence-electron chi connectivity index (χ1n) is 11.5. The molecule has 1 amide bonds. The van der Waals surface area contributed by atoms with Gasteiger partial charge in [0, 0.05) is 35.4 Å². The van der Waals surface area contributed by atoms with Crippen molar-refractivity contribution in [2.75, 3.05) is 6.54 Å². The summed E-state index contributed by atoms with van der Waals surface area (Å²) in [5.74, 6) is 0.0556. The summed E-state index contributed by atoms with van der Waals surface area (Å²) in [6.45, 7) is 4.75. The second-order valence-electron chi connectivity index (χ2n) is 9.02. The fourth-order valence-corrected chi connectivity index (χ4v) is 4.66. The largest absolute Gasteiger partial charge is 0.373 e. The summed E-state index contributed by atoms with van der Waals surface area (Å²) in [7, 11) is 0. The highest BCUT2D eigenvalue weighted by atomic mass is 16.3. The molecule has 7 nitrogen and oxygen atoms in total. The van der Waals surface area contributed by atoms with Crippen molar-refractivity contribution in [3.63, 3.8) is 0 Å². The van der Waals surface area contributed by atoms with E-state index in [9.17, 15) is 9.90 Å². The van der Waals surface area contributed by atoms with Crippen molar-refractivity contribution in [2.24, 2.45) is 0 Å². The van der Waals surface area contributed by atoms with Crippen molar-refractivity contribution in [1.29, 1.82) is 0 Å². The number of nitrogens with zero attached hydrogens (tertiary/aromatic N) is 2. The zero-order valence-electron chi connectivity index (χ0n) is 18.9. The number of aliphatic hydroxyl groups excluding tert-OH is 1. The number of hydrogen-bond acceptors (Lipinski definition) is 4. The van der Waals surface area contributed by atoms with Crippen molar-refractivity contribution in [3.05, 3.63) is 77.7 Å². The highest BCUT2D eigenvalue weighted by Crippen LogP contribution is 2.35. The lowest BCUT2D eigenvalue weighted by Gasteiger charge is -2.25. The maximum Gasteiger partial charge on any atom is 0.254 e. The lowest BCUT2D eigenvalue weighted by atomic mass is 10.0. The maximum absolute atomic E-state index is 13.3. The lowest BCUT2D eigenvalue weighted by Crippen LogP contribution is -2.30. The molecule has 1 saturated heterocycles. The minimum Gasteiger partial charge on any atom is -0.373 e. The van der Waals surface area contributed by atoms with Crippen LogP contribution in [-0.2, 0) is 0 Å². The number of likely N-dealkylation sites (tertiary alicyclic amines) is 1. The van der Waals surface area contributed by atoms with E-state index < -0.39 is 6.23 Å². The number of aromatic nitrogens is 3.